The van der Waals surface area contributed by atoms with Crippen molar-refractivity contribution < 1.29 is 19.7 Å². The smallest absolute Gasteiger partial charge is 0.402 e. The van der Waals surface area contributed by atoms with E-state index in [1.54, 1.807) is 24.4 Å². The van der Waals surface area contributed by atoms with E-state index in [-0.39, 0.29) is 5.92 Å². The van der Waals surface area contributed by atoms with E-state index in [9.17, 15) is 10.4 Å². The number of primary amides is 1. The predicted molar refractivity (Wildman–Crippen MR) is 117 cm³/mol. The Bertz CT molecular complexity index is 1190. The summed E-state index contributed by atoms with van der Waals surface area (Å²) in [7, 11) is 0. The van der Waals surface area contributed by atoms with Crippen molar-refractivity contribution in [1.29, 1.82) is 5.26 Å². The summed E-state index contributed by atoms with van der Waals surface area (Å²) >= 11 is 6.15. The normalized spacial score (nSPS) is 24.8. The average Bonchev–Trinajstić information content (AvgIpc) is 3.20. The van der Waals surface area contributed by atoms with E-state index in [1.165, 1.54) is 0 Å². The van der Waals surface area contributed by atoms with Crippen molar-refractivity contribution in [3.63, 3.8) is 0 Å². The number of hydrogen-bond acceptors (Lipinski definition) is 5. The van der Waals surface area contributed by atoms with E-state index in [0.717, 1.165) is 17.5 Å². The van der Waals surface area contributed by atoms with E-state index >= 15 is 0 Å². The Labute approximate surface area is 189 Å². The van der Waals surface area contributed by atoms with Crippen molar-refractivity contribution in [2.24, 2.45) is 5.73 Å². The van der Waals surface area contributed by atoms with Gasteiger partial charge in [0, 0.05) is 18.2 Å². The Hall–Kier alpha value is -3.60. The lowest BCUT2D eigenvalue weighted by Crippen LogP contribution is -2.48. The summed E-state index contributed by atoms with van der Waals surface area (Å²) in [6.07, 6.45) is 1.49. The van der Waals surface area contributed by atoms with Crippen LogP contribution in [0.4, 0.5) is 4.79 Å². The number of rotatable bonds is 2. The quantitative estimate of drug-likeness (QED) is 0.535. The van der Waals surface area contributed by atoms with Crippen LogP contribution in [-0.2, 0) is 11.2 Å². The topological polar surface area (TPSA) is 129 Å². The Morgan fingerprint density at radius 3 is 2.50 bits per heavy atom. The van der Waals surface area contributed by atoms with Gasteiger partial charge in [-0.05, 0) is 36.1 Å². The molecule has 2 aliphatic rings. The first kappa shape index (κ1) is 21.6. The van der Waals surface area contributed by atoms with Gasteiger partial charge in [-0.3, -0.25) is 4.98 Å². The van der Waals surface area contributed by atoms with E-state index in [1.807, 2.05) is 30.3 Å². The maximum Gasteiger partial charge on any atom is 0.402 e. The number of fused-ring (bicyclic) bond motifs is 3. The van der Waals surface area contributed by atoms with Gasteiger partial charge < -0.3 is 20.7 Å². The van der Waals surface area contributed by atoms with Crippen molar-refractivity contribution in [2.45, 2.75) is 30.0 Å². The maximum absolute atomic E-state index is 11.9. The molecule has 2 heterocycles. The molecular weight excluding hydrogens is 430 g/mol. The number of aromatic nitrogens is 1. The molecule has 5 rings (SSSR count). The Balaban J connectivity index is 0.000000567. The first-order valence-corrected chi connectivity index (χ1v) is 10.3. The van der Waals surface area contributed by atoms with Crippen LogP contribution in [0.1, 0.15) is 41.1 Å². The number of nitrogens with two attached hydrogens (primary N) is 1. The first-order chi connectivity index (χ1) is 15.3. The number of amides is 1. The average molecular weight is 450 g/mol. The molecule has 162 valence electrons. The zero-order chi connectivity index (χ0) is 22.9. The van der Waals surface area contributed by atoms with Gasteiger partial charge in [-0.15, -0.1) is 0 Å². The Morgan fingerprint density at radius 1 is 1.22 bits per heavy atom. The van der Waals surface area contributed by atoms with Gasteiger partial charge in [-0.1, -0.05) is 54.1 Å². The van der Waals surface area contributed by atoms with E-state index in [0.29, 0.717) is 28.5 Å². The number of benzene rings is 2. The minimum Gasteiger partial charge on any atom is -0.476 e. The number of nitriles is 1. The van der Waals surface area contributed by atoms with Gasteiger partial charge in [0.15, 0.2) is 11.2 Å². The molecule has 0 radical (unpaired) electrons. The van der Waals surface area contributed by atoms with Gasteiger partial charge in [0.1, 0.15) is 11.4 Å². The second kappa shape index (κ2) is 8.15. The van der Waals surface area contributed by atoms with Gasteiger partial charge in [-0.25, -0.2) is 4.79 Å². The third kappa shape index (κ3) is 3.34. The fourth-order valence-corrected chi connectivity index (χ4v) is 4.99. The third-order valence-electron chi connectivity index (χ3n) is 6.03. The van der Waals surface area contributed by atoms with Gasteiger partial charge in [0.25, 0.3) is 0 Å². The molecule has 3 aromatic rings. The molecule has 7 nitrogen and oxygen atoms in total. The summed E-state index contributed by atoms with van der Waals surface area (Å²) in [5.41, 5.74) is 4.75. The summed E-state index contributed by atoms with van der Waals surface area (Å²) in [6, 6.07) is 21.2. The zero-order valence-electron chi connectivity index (χ0n) is 16.9. The molecular formula is C24H20ClN3O4. The second-order valence-electron chi connectivity index (χ2n) is 7.73. The summed E-state index contributed by atoms with van der Waals surface area (Å²) in [4.78, 5) is 13.2. The van der Waals surface area contributed by atoms with Crippen LogP contribution in [0, 0.1) is 11.3 Å². The van der Waals surface area contributed by atoms with Crippen molar-refractivity contribution in [3.05, 3.63) is 94.3 Å². The first-order valence-electron chi connectivity index (χ1n) is 9.93. The third-order valence-corrected chi connectivity index (χ3v) is 6.23. The van der Waals surface area contributed by atoms with Crippen molar-refractivity contribution in [2.75, 3.05) is 0 Å². The van der Waals surface area contributed by atoms with Crippen LogP contribution in [0.2, 0.25) is 5.02 Å². The SMILES string of the molecule is N#Cc1ccc(C23Oc4cc(Cl)cnc4C2(O)CCC3c2ccccc2)cc1.NC(=O)O. The van der Waals surface area contributed by atoms with Crippen LogP contribution >= 0.6 is 11.6 Å². The van der Waals surface area contributed by atoms with Crippen molar-refractivity contribution in [1.82, 2.24) is 4.98 Å². The largest absolute Gasteiger partial charge is 0.476 e. The molecule has 1 fully saturated rings. The summed E-state index contributed by atoms with van der Waals surface area (Å²) in [5.74, 6) is 0.444. The summed E-state index contributed by atoms with van der Waals surface area (Å²) in [6.45, 7) is 0. The number of carbonyl (C=O) groups is 1. The predicted octanol–water partition coefficient (Wildman–Crippen LogP) is 4.28. The highest BCUT2D eigenvalue weighted by Crippen LogP contribution is 2.66. The number of halogens is 1. The van der Waals surface area contributed by atoms with Crippen LogP contribution in [-0.4, -0.2) is 21.3 Å². The van der Waals surface area contributed by atoms with E-state index in [4.69, 9.17) is 26.2 Å². The molecule has 1 aromatic heterocycles. The van der Waals surface area contributed by atoms with Crippen molar-refractivity contribution in [3.8, 4) is 11.8 Å². The monoisotopic (exact) mass is 449 g/mol. The highest BCUT2D eigenvalue weighted by Gasteiger charge is 2.69. The van der Waals surface area contributed by atoms with Crippen LogP contribution in [0.5, 0.6) is 5.75 Å². The number of pyridine rings is 1. The number of ether oxygens (including phenoxy) is 1. The molecule has 0 saturated heterocycles. The number of aliphatic hydroxyl groups is 1. The molecule has 8 heteroatoms. The van der Waals surface area contributed by atoms with Crippen LogP contribution in [0.3, 0.4) is 0 Å². The molecule has 0 spiro atoms. The highest BCUT2D eigenvalue weighted by atomic mass is 35.5. The van der Waals surface area contributed by atoms with Gasteiger partial charge in [0.05, 0.1) is 16.7 Å². The fraction of sp³-hybridized carbons (Fsp3) is 0.208. The van der Waals surface area contributed by atoms with Gasteiger partial charge >= 0.3 is 6.09 Å². The lowest BCUT2D eigenvalue weighted by atomic mass is 9.72. The van der Waals surface area contributed by atoms with Crippen LogP contribution in [0.25, 0.3) is 0 Å². The van der Waals surface area contributed by atoms with Gasteiger partial charge in [-0.2, -0.15) is 5.26 Å². The molecule has 4 N–H and O–H groups in total. The summed E-state index contributed by atoms with van der Waals surface area (Å²) in [5, 5.41) is 28.8. The molecule has 3 unspecified atom stereocenters. The molecule has 2 aromatic carbocycles. The highest BCUT2D eigenvalue weighted by molar-refractivity contribution is 6.30. The molecule has 32 heavy (non-hydrogen) atoms. The standard InChI is InChI=1S/C23H17ClN2O2.CH3NO2/c24-18-12-20-21(26-14-18)22(27)11-10-19(16-4-2-1-3-5-16)23(22,28-20)17-8-6-15(13-25)7-9-17;2-1(3)4/h1-9,12,14,19,27H,10-11H2;2H2,(H,3,4). The maximum atomic E-state index is 11.9. The lowest BCUT2D eigenvalue weighted by Gasteiger charge is -2.39. The van der Waals surface area contributed by atoms with Crippen LogP contribution < -0.4 is 10.5 Å². The number of carboxylic acid groups (broad SMARTS) is 1. The molecule has 1 aliphatic heterocycles. The fourth-order valence-electron chi connectivity index (χ4n) is 4.84. The molecule has 1 aliphatic carbocycles. The number of hydrogen-bond donors (Lipinski definition) is 3. The Kier molecular flexibility index (Phi) is 5.51. The molecule has 1 amide bonds. The van der Waals surface area contributed by atoms with E-state index < -0.39 is 17.3 Å². The molecule has 3 atom stereocenters. The zero-order valence-corrected chi connectivity index (χ0v) is 17.7. The lowest BCUT2D eigenvalue weighted by molar-refractivity contribution is -0.107. The minimum absolute atomic E-state index is 0.0698. The second-order valence-corrected chi connectivity index (χ2v) is 8.16. The van der Waals surface area contributed by atoms with Crippen molar-refractivity contribution >= 4 is 17.7 Å². The summed E-state index contributed by atoms with van der Waals surface area (Å²) < 4.78 is 6.55. The van der Waals surface area contributed by atoms with E-state index in [2.05, 4.69) is 28.9 Å². The minimum atomic E-state index is -1.33. The van der Waals surface area contributed by atoms with Gasteiger partial charge in [0.2, 0.25) is 0 Å². The molecule has 1 saturated carbocycles. The van der Waals surface area contributed by atoms with Crippen LogP contribution in [0.15, 0.2) is 66.9 Å². The number of nitrogens with zero attached hydrogens (tertiary/aromatic N) is 2. The molecule has 0 bridgehead atoms. The Morgan fingerprint density at radius 2 is 1.88 bits per heavy atom.